The summed E-state index contributed by atoms with van der Waals surface area (Å²) in [5.41, 5.74) is 0.271. The number of benzene rings is 2. The lowest BCUT2D eigenvalue weighted by molar-refractivity contribution is -0.385. The summed E-state index contributed by atoms with van der Waals surface area (Å²) >= 11 is 0. The Morgan fingerprint density at radius 2 is 1.90 bits per heavy atom. The second kappa shape index (κ2) is 6.51. The fourth-order valence-electron chi connectivity index (χ4n) is 1.87. The third-order valence-corrected chi connectivity index (χ3v) is 2.90. The fraction of sp³-hybridized carbons (Fsp3) is 0.133. The van der Waals surface area contributed by atoms with E-state index in [4.69, 9.17) is 9.84 Å². The molecule has 0 amide bonds. The SMILES string of the molecule is O=C(O)c1cc(OCCc2ccccc2)ccc1[N+](=O)[O-]. The van der Waals surface area contributed by atoms with E-state index in [0.717, 1.165) is 11.6 Å². The van der Waals surface area contributed by atoms with E-state index in [1.807, 2.05) is 30.3 Å². The van der Waals surface area contributed by atoms with Crippen LogP contribution in [-0.4, -0.2) is 22.6 Å². The van der Waals surface area contributed by atoms with Crippen LogP contribution in [0.5, 0.6) is 5.75 Å². The van der Waals surface area contributed by atoms with Crippen molar-refractivity contribution in [2.45, 2.75) is 6.42 Å². The molecule has 21 heavy (non-hydrogen) atoms. The van der Waals surface area contributed by atoms with Gasteiger partial charge in [-0.3, -0.25) is 10.1 Å². The summed E-state index contributed by atoms with van der Waals surface area (Å²) in [5.74, 6) is -1.05. The van der Waals surface area contributed by atoms with Gasteiger partial charge in [0.2, 0.25) is 0 Å². The molecule has 0 atom stereocenters. The number of carboxylic acids is 1. The Hall–Kier alpha value is -2.89. The van der Waals surface area contributed by atoms with E-state index < -0.39 is 16.6 Å². The van der Waals surface area contributed by atoms with E-state index in [2.05, 4.69) is 0 Å². The Labute approximate surface area is 120 Å². The standard InChI is InChI=1S/C15H13NO5/c17-15(18)13-10-12(6-7-14(13)16(19)20)21-9-8-11-4-2-1-3-5-11/h1-7,10H,8-9H2,(H,17,18). The van der Waals surface area contributed by atoms with E-state index in [0.29, 0.717) is 18.8 Å². The molecular formula is C15H13NO5. The summed E-state index contributed by atoms with van der Waals surface area (Å²) in [6, 6.07) is 13.4. The first-order valence-corrected chi connectivity index (χ1v) is 6.26. The third kappa shape index (κ3) is 3.79. The van der Waals surface area contributed by atoms with Crippen LogP contribution in [-0.2, 0) is 6.42 Å². The molecule has 0 aromatic heterocycles. The average Bonchev–Trinajstić information content (AvgIpc) is 2.48. The number of carboxylic acid groups (broad SMARTS) is 1. The Balaban J connectivity index is 2.05. The number of hydrogen-bond acceptors (Lipinski definition) is 4. The minimum atomic E-state index is -1.35. The maximum atomic E-state index is 11.0. The van der Waals surface area contributed by atoms with Crippen LogP contribution >= 0.6 is 0 Å². The molecule has 0 heterocycles. The highest BCUT2D eigenvalue weighted by Gasteiger charge is 2.20. The van der Waals surface area contributed by atoms with Crippen LogP contribution in [0, 0.1) is 10.1 Å². The van der Waals surface area contributed by atoms with Crippen molar-refractivity contribution in [3.05, 3.63) is 69.8 Å². The number of carbonyl (C=O) groups is 1. The van der Waals surface area contributed by atoms with Crippen LogP contribution in [0.2, 0.25) is 0 Å². The summed E-state index contributed by atoms with van der Waals surface area (Å²) in [5, 5.41) is 19.7. The van der Waals surface area contributed by atoms with Gasteiger partial charge in [-0.05, 0) is 11.6 Å². The van der Waals surface area contributed by atoms with E-state index >= 15 is 0 Å². The molecule has 0 bridgehead atoms. The molecule has 2 rings (SSSR count). The normalized spacial score (nSPS) is 10.1. The smallest absolute Gasteiger partial charge is 0.342 e. The van der Waals surface area contributed by atoms with Crippen molar-refractivity contribution in [2.75, 3.05) is 6.61 Å². The molecule has 0 aliphatic heterocycles. The lowest BCUT2D eigenvalue weighted by Gasteiger charge is -2.07. The van der Waals surface area contributed by atoms with Gasteiger partial charge in [-0.2, -0.15) is 0 Å². The zero-order valence-electron chi connectivity index (χ0n) is 11.1. The number of nitro benzene ring substituents is 1. The van der Waals surface area contributed by atoms with Crippen LogP contribution in [0.1, 0.15) is 15.9 Å². The summed E-state index contributed by atoms with van der Waals surface area (Å²) in [7, 11) is 0. The first-order chi connectivity index (χ1) is 10.1. The molecule has 0 spiro atoms. The topological polar surface area (TPSA) is 89.7 Å². The molecule has 0 aliphatic carbocycles. The minimum absolute atomic E-state index is 0.300. The number of nitrogens with zero attached hydrogens (tertiary/aromatic N) is 1. The molecule has 108 valence electrons. The zero-order chi connectivity index (χ0) is 15.2. The fourth-order valence-corrected chi connectivity index (χ4v) is 1.87. The van der Waals surface area contributed by atoms with Crippen LogP contribution in [0.15, 0.2) is 48.5 Å². The minimum Gasteiger partial charge on any atom is -0.493 e. The molecule has 0 saturated heterocycles. The van der Waals surface area contributed by atoms with E-state index in [1.54, 1.807) is 0 Å². The maximum absolute atomic E-state index is 11.0. The summed E-state index contributed by atoms with van der Waals surface area (Å²) in [4.78, 5) is 21.0. The van der Waals surface area contributed by atoms with E-state index in [9.17, 15) is 14.9 Å². The highest BCUT2D eigenvalue weighted by Crippen LogP contribution is 2.24. The highest BCUT2D eigenvalue weighted by atomic mass is 16.6. The molecule has 2 aromatic rings. The van der Waals surface area contributed by atoms with Gasteiger partial charge in [-0.25, -0.2) is 4.79 Å². The molecule has 0 unspecified atom stereocenters. The van der Waals surface area contributed by atoms with Gasteiger partial charge in [0.25, 0.3) is 5.69 Å². The van der Waals surface area contributed by atoms with Gasteiger partial charge in [0, 0.05) is 18.6 Å². The van der Waals surface area contributed by atoms with Crippen molar-refractivity contribution in [3.63, 3.8) is 0 Å². The summed E-state index contributed by atoms with van der Waals surface area (Å²) in [6.07, 6.45) is 0.667. The molecule has 6 nitrogen and oxygen atoms in total. The monoisotopic (exact) mass is 287 g/mol. The highest BCUT2D eigenvalue weighted by molar-refractivity contribution is 5.92. The lowest BCUT2D eigenvalue weighted by atomic mass is 10.1. The second-order valence-corrected chi connectivity index (χ2v) is 4.33. The molecular weight excluding hydrogens is 274 g/mol. The van der Waals surface area contributed by atoms with Crippen molar-refractivity contribution in [1.29, 1.82) is 0 Å². The Kier molecular flexibility index (Phi) is 4.50. The zero-order valence-corrected chi connectivity index (χ0v) is 11.1. The van der Waals surface area contributed by atoms with Gasteiger partial charge in [-0.15, -0.1) is 0 Å². The van der Waals surface area contributed by atoms with Crippen LogP contribution < -0.4 is 4.74 Å². The Morgan fingerprint density at radius 1 is 1.19 bits per heavy atom. The maximum Gasteiger partial charge on any atom is 0.342 e. The van der Waals surface area contributed by atoms with Gasteiger partial charge in [0.15, 0.2) is 0 Å². The number of ether oxygens (including phenoxy) is 1. The Bertz CT molecular complexity index is 654. The number of aromatic carboxylic acids is 1. The summed E-state index contributed by atoms with van der Waals surface area (Å²) < 4.78 is 5.45. The first-order valence-electron chi connectivity index (χ1n) is 6.26. The van der Waals surface area contributed by atoms with Gasteiger partial charge in [0.1, 0.15) is 11.3 Å². The van der Waals surface area contributed by atoms with Crippen LogP contribution in [0.4, 0.5) is 5.69 Å². The molecule has 0 fully saturated rings. The largest absolute Gasteiger partial charge is 0.493 e. The Morgan fingerprint density at radius 3 is 2.52 bits per heavy atom. The molecule has 6 heteroatoms. The quantitative estimate of drug-likeness (QED) is 0.651. The van der Waals surface area contributed by atoms with Gasteiger partial charge in [-0.1, -0.05) is 30.3 Å². The molecule has 0 saturated carbocycles. The predicted molar refractivity (Wildman–Crippen MR) is 75.7 cm³/mol. The van der Waals surface area contributed by atoms with Gasteiger partial charge < -0.3 is 9.84 Å². The number of nitro groups is 1. The van der Waals surface area contributed by atoms with Crippen molar-refractivity contribution in [3.8, 4) is 5.75 Å². The molecule has 1 N–H and O–H groups in total. The van der Waals surface area contributed by atoms with Crippen molar-refractivity contribution in [2.24, 2.45) is 0 Å². The first kappa shape index (κ1) is 14.5. The molecule has 0 radical (unpaired) electrons. The molecule has 0 aliphatic rings. The van der Waals surface area contributed by atoms with Gasteiger partial charge >= 0.3 is 5.97 Å². The van der Waals surface area contributed by atoms with Crippen LogP contribution in [0.3, 0.4) is 0 Å². The second-order valence-electron chi connectivity index (χ2n) is 4.33. The van der Waals surface area contributed by atoms with Crippen molar-refractivity contribution >= 4 is 11.7 Å². The van der Waals surface area contributed by atoms with E-state index in [1.165, 1.54) is 12.1 Å². The van der Waals surface area contributed by atoms with Gasteiger partial charge in [0.05, 0.1) is 11.5 Å². The average molecular weight is 287 g/mol. The van der Waals surface area contributed by atoms with Crippen molar-refractivity contribution in [1.82, 2.24) is 0 Å². The third-order valence-electron chi connectivity index (χ3n) is 2.90. The molecule has 2 aromatic carbocycles. The predicted octanol–water partition coefficient (Wildman–Crippen LogP) is 2.91. The number of hydrogen-bond donors (Lipinski definition) is 1. The van der Waals surface area contributed by atoms with Crippen LogP contribution in [0.25, 0.3) is 0 Å². The van der Waals surface area contributed by atoms with E-state index in [-0.39, 0.29) is 5.56 Å². The lowest BCUT2D eigenvalue weighted by Crippen LogP contribution is -2.05. The number of rotatable bonds is 6. The van der Waals surface area contributed by atoms with Crippen molar-refractivity contribution < 1.29 is 19.6 Å². The summed E-state index contributed by atoms with van der Waals surface area (Å²) in [6.45, 7) is 0.362.